The fraction of sp³-hybridized carbons (Fsp3) is 0.222. The predicted molar refractivity (Wildman–Crippen MR) is 96.4 cm³/mol. The molecule has 3 rings (SSSR count). The number of halogens is 1. The van der Waals surface area contributed by atoms with Gasteiger partial charge in [-0.25, -0.2) is 4.39 Å². The Labute approximate surface area is 158 Å². The van der Waals surface area contributed by atoms with Crippen LogP contribution in [0.4, 0.5) is 10.1 Å². The zero-order valence-electron chi connectivity index (χ0n) is 14.4. The second-order valence-corrected chi connectivity index (χ2v) is 6.38. The number of nitriles is 1. The second-order valence-electron chi connectivity index (χ2n) is 5.46. The van der Waals surface area contributed by atoms with Gasteiger partial charge in [0.2, 0.25) is 5.91 Å². The van der Waals surface area contributed by atoms with E-state index in [0.29, 0.717) is 17.2 Å². The highest BCUT2D eigenvalue weighted by atomic mass is 32.2. The molecule has 0 aliphatic rings. The normalized spacial score (nSPS) is 10.6. The van der Waals surface area contributed by atoms with E-state index >= 15 is 0 Å². The maximum absolute atomic E-state index is 14.1. The molecule has 0 atom stereocenters. The maximum atomic E-state index is 14.1. The van der Waals surface area contributed by atoms with E-state index in [9.17, 15) is 9.18 Å². The van der Waals surface area contributed by atoms with Crippen molar-refractivity contribution in [3.8, 4) is 17.5 Å². The molecule has 0 aliphatic heterocycles. The van der Waals surface area contributed by atoms with Crippen molar-refractivity contribution < 1.29 is 18.0 Å². The number of nitrogens with zero attached hydrogens (tertiary/aromatic N) is 4. The van der Waals surface area contributed by atoms with Crippen LogP contribution in [0.25, 0.3) is 11.5 Å². The Morgan fingerprint density at radius 3 is 2.85 bits per heavy atom. The topological polar surface area (TPSA) is 96.2 Å². The number of rotatable bonds is 7. The number of aromatic nitrogens is 2. The van der Waals surface area contributed by atoms with Gasteiger partial charge in [-0.2, -0.15) is 5.26 Å². The number of hydrogen-bond donors (Lipinski definition) is 0. The minimum atomic E-state index is -0.524. The van der Waals surface area contributed by atoms with E-state index in [1.165, 1.54) is 23.3 Å². The van der Waals surface area contributed by atoms with Gasteiger partial charge in [0.1, 0.15) is 11.6 Å². The summed E-state index contributed by atoms with van der Waals surface area (Å²) < 4.78 is 24.8. The van der Waals surface area contributed by atoms with Gasteiger partial charge in [-0.1, -0.05) is 23.9 Å². The third-order valence-electron chi connectivity index (χ3n) is 3.71. The van der Waals surface area contributed by atoms with Gasteiger partial charge in [0.05, 0.1) is 35.8 Å². The Kier molecular flexibility index (Phi) is 5.88. The average molecular weight is 386 g/mol. The van der Waals surface area contributed by atoms with Crippen LogP contribution in [0, 0.1) is 24.1 Å². The number of thioether (sulfide) groups is 1. The molecule has 0 radical (unpaired) electrons. The molecule has 2 heterocycles. The van der Waals surface area contributed by atoms with Gasteiger partial charge in [-0.3, -0.25) is 4.79 Å². The molecule has 1 aromatic carbocycles. The molecule has 1 amide bonds. The van der Waals surface area contributed by atoms with Gasteiger partial charge in [0, 0.05) is 6.54 Å². The Hall–Kier alpha value is -3.12. The quantitative estimate of drug-likeness (QED) is 0.570. The number of aryl methyl sites for hydroxylation is 1. The first-order valence-corrected chi connectivity index (χ1v) is 9.01. The maximum Gasteiger partial charge on any atom is 0.277 e. The van der Waals surface area contributed by atoms with Crippen molar-refractivity contribution in [2.75, 3.05) is 17.2 Å². The molecule has 0 spiro atoms. The fourth-order valence-corrected chi connectivity index (χ4v) is 3.04. The highest BCUT2D eigenvalue weighted by Gasteiger charge is 2.20. The van der Waals surface area contributed by atoms with Crippen LogP contribution in [0.15, 0.2) is 50.7 Å². The molecule has 0 N–H and O–H groups in total. The molecule has 0 saturated carbocycles. The zero-order chi connectivity index (χ0) is 19.2. The number of anilines is 1. The Morgan fingerprint density at radius 2 is 2.15 bits per heavy atom. The number of para-hydroxylation sites is 1. The molecular weight excluding hydrogens is 371 g/mol. The number of furan rings is 1. The SMILES string of the molecule is Cc1occc1-c1nnc(SCC(=O)N(CCC#N)c2ccccc2F)o1. The lowest BCUT2D eigenvalue weighted by Crippen LogP contribution is -2.34. The molecular formula is C18H15FN4O3S. The van der Waals surface area contributed by atoms with Crippen LogP contribution in [-0.2, 0) is 4.79 Å². The van der Waals surface area contributed by atoms with Crippen molar-refractivity contribution in [1.82, 2.24) is 10.2 Å². The van der Waals surface area contributed by atoms with Gasteiger partial charge in [0.15, 0.2) is 0 Å². The standard InChI is InChI=1S/C18H15FN4O3S/c1-12-13(7-10-25-12)17-21-22-18(26-17)27-11-16(24)23(9-4-8-20)15-6-3-2-5-14(15)19/h2-3,5-7,10H,4,9,11H2,1H3. The summed E-state index contributed by atoms with van der Waals surface area (Å²) in [5.74, 6) is 0.0233. The summed E-state index contributed by atoms with van der Waals surface area (Å²) in [7, 11) is 0. The van der Waals surface area contributed by atoms with Crippen LogP contribution < -0.4 is 4.90 Å². The summed E-state index contributed by atoms with van der Waals surface area (Å²) in [4.78, 5) is 13.8. The van der Waals surface area contributed by atoms with Crippen molar-refractivity contribution in [2.45, 2.75) is 18.6 Å². The molecule has 2 aromatic heterocycles. The summed E-state index contributed by atoms with van der Waals surface area (Å²) in [5.41, 5.74) is 0.821. The molecule has 0 unspecified atom stereocenters. The first-order chi connectivity index (χ1) is 13.1. The van der Waals surface area contributed by atoms with Crippen LogP contribution in [-0.4, -0.2) is 28.4 Å². The molecule has 0 bridgehead atoms. The van der Waals surface area contributed by atoms with Crippen LogP contribution in [0.2, 0.25) is 0 Å². The van der Waals surface area contributed by atoms with Crippen LogP contribution in [0.5, 0.6) is 0 Å². The van der Waals surface area contributed by atoms with Crippen LogP contribution in [0.3, 0.4) is 0 Å². The molecule has 0 aliphatic carbocycles. The summed E-state index contributed by atoms with van der Waals surface area (Å²) in [6.07, 6.45) is 1.61. The monoisotopic (exact) mass is 386 g/mol. The van der Waals surface area contributed by atoms with E-state index in [0.717, 1.165) is 11.8 Å². The number of carbonyl (C=O) groups is 1. The largest absolute Gasteiger partial charge is 0.469 e. The van der Waals surface area contributed by atoms with Gasteiger partial charge < -0.3 is 13.7 Å². The third-order valence-corrected chi connectivity index (χ3v) is 4.51. The van der Waals surface area contributed by atoms with Gasteiger partial charge in [0.25, 0.3) is 11.1 Å². The van der Waals surface area contributed by atoms with E-state index in [4.69, 9.17) is 14.1 Å². The lowest BCUT2D eigenvalue weighted by Gasteiger charge is -2.21. The molecule has 138 valence electrons. The zero-order valence-corrected chi connectivity index (χ0v) is 15.2. The molecule has 27 heavy (non-hydrogen) atoms. The minimum absolute atomic E-state index is 0.0359. The minimum Gasteiger partial charge on any atom is -0.469 e. The summed E-state index contributed by atoms with van der Waals surface area (Å²) >= 11 is 1.05. The number of carbonyl (C=O) groups excluding carboxylic acids is 1. The van der Waals surface area contributed by atoms with E-state index in [1.54, 1.807) is 25.1 Å². The average Bonchev–Trinajstić information content (AvgIpc) is 3.30. The number of hydrogen-bond acceptors (Lipinski definition) is 7. The third kappa shape index (κ3) is 4.35. The molecule has 0 saturated heterocycles. The second kappa shape index (κ2) is 8.51. The van der Waals surface area contributed by atoms with Crippen molar-refractivity contribution in [3.63, 3.8) is 0 Å². The molecule has 0 fully saturated rings. The van der Waals surface area contributed by atoms with Gasteiger partial charge in [-0.15, -0.1) is 10.2 Å². The summed E-state index contributed by atoms with van der Waals surface area (Å²) in [5, 5.41) is 16.9. The first-order valence-electron chi connectivity index (χ1n) is 8.02. The van der Waals surface area contributed by atoms with Gasteiger partial charge >= 0.3 is 0 Å². The smallest absolute Gasteiger partial charge is 0.277 e. The summed E-state index contributed by atoms with van der Waals surface area (Å²) in [6, 6.07) is 9.63. The van der Waals surface area contributed by atoms with Gasteiger partial charge in [-0.05, 0) is 25.1 Å². The van der Waals surface area contributed by atoms with Crippen molar-refractivity contribution >= 4 is 23.4 Å². The Bertz CT molecular complexity index is 979. The van der Waals surface area contributed by atoms with E-state index < -0.39 is 5.82 Å². The van der Waals surface area contributed by atoms with E-state index in [2.05, 4.69) is 10.2 Å². The van der Waals surface area contributed by atoms with Crippen molar-refractivity contribution in [2.24, 2.45) is 0 Å². The summed E-state index contributed by atoms with van der Waals surface area (Å²) in [6.45, 7) is 1.87. The molecule has 7 nitrogen and oxygen atoms in total. The van der Waals surface area contributed by atoms with Crippen molar-refractivity contribution in [3.05, 3.63) is 48.2 Å². The Morgan fingerprint density at radius 1 is 1.33 bits per heavy atom. The fourth-order valence-electron chi connectivity index (χ4n) is 2.40. The van der Waals surface area contributed by atoms with E-state index in [-0.39, 0.29) is 35.5 Å². The van der Waals surface area contributed by atoms with Crippen LogP contribution in [0.1, 0.15) is 12.2 Å². The Balaban J connectivity index is 1.69. The lowest BCUT2D eigenvalue weighted by molar-refractivity contribution is -0.116. The first kappa shape index (κ1) is 18.7. The number of amides is 1. The van der Waals surface area contributed by atoms with E-state index in [1.807, 2.05) is 6.07 Å². The van der Waals surface area contributed by atoms with Crippen LogP contribution >= 0.6 is 11.8 Å². The highest BCUT2D eigenvalue weighted by Crippen LogP contribution is 2.27. The van der Waals surface area contributed by atoms with Crippen molar-refractivity contribution in [1.29, 1.82) is 5.26 Å². The highest BCUT2D eigenvalue weighted by molar-refractivity contribution is 7.99. The predicted octanol–water partition coefficient (Wildman–Crippen LogP) is 3.82. The molecule has 3 aromatic rings. The lowest BCUT2D eigenvalue weighted by atomic mass is 10.2. The molecule has 9 heteroatoms. The number of benzene rings is 1.